The van der Waals surface area contributed by atoms with Gasteiger partial charge >= 0.3 is 0 Å². The minimum Gasteiger partial charge on any atom is -0.441 e. The van der Waals surface area contributed by atoms with Crippen LogP contribution in [0.4, 0.5) is 0 Å². The Bertz CT molecular complexity index is 646. The van der Waals surface area contributed by atoms with Crippen LogP contribution in [0.3, 0.4) is 0 Å². The van der Waals surface area contributed by atoms with E-state index in [1.807, 2.05) is 0 Å². The van der Waals surface area contributed by atoms with Crippen molar-refractivity contribution >= 4 is 20.9 Å². The number of nitrogens with two attached hydrogens (primary N) is 1. The molecule has 0 radical (unpaired) electrons. The number of aryl methyl sites for hydroxylation is 1. The quantitative estimate of drug-likeness (QED) is 0.831. The van der Waals surface area contributed by atoms with Crippen LogP contribution in [0.25, 0.3) is 11.1 Å². The summed E-state index contributed by atoms with van der Waals surface area (Å²) in [6, 6.07) is 4.72. The molecular weight excluding hydrogens is 252 g/mol. The molecule has 0 saturated carbocycles. The van der Waals surface area contributed by atoms with Crippen LogP contribution in [-0.4, -0.2) is 26.2 Å². The molecule has 6 heteroatoms. The monoisotopic (exact) mass is 268 g/mol. The van der Waals surface area contributed by atoms with E-state index in [9.17, 15) is 8.42 Å². The van der Waals surface area contributed by atoms with Crippen molar-refractivity contribution in [2.45, 2.75) is 24.2 Å². The highest BCUT2D eigenvalue weighted by Crippen LogP contribution is 2.20. The van der Waals surface area contributed by atoms with Crippen molar-refractivity contribution in [3.05, 3.63) is 24.1 Å². The van der Waals surface area contributed by atoms with Gasteiger partial charge in [-0.25, -0.2) is 13.4 Å². The fourth-order valence-electron chi connectivity index (χ4n) is 1.71. The maximum absolute atomic E-state index is 11.4. The third kappa shape index (κ3) is 2.88. The average molecular weight is 268 g/mol. The van der Waals surface area contributed by atoms with Crippen molar-refractivity contribution in [1.29, 1.82) is 0 Å². The maximum Gasteiger partial charge on any atom is 0.195 e. The summed E-state index contributed by atoms with van der Waals surface area (Å²) < 4.78 is 28.4. The molecule has 0 unspecified atom stereocenters. The number of oxazole rings is 1. The first kappa shape index (κ1) is 13.0. The predicted octanol–water partition coefficient (Wildman–Crippen LogP) is 1.51. The number of rotatable bonds is 5. The van der Waals surface area contributed by atoms with Gasteiger partial charge < -0.3 is 10.2 Å². The van der Waals surface area contributed by atoms with Crippen LogP contribution in [0.15, 0.2) is 27.5 Å². The molecule has 0 saturated heterocycles. The number of sulfone groups is 1. The zero-order valence-electron chi connectivity index (χ0n) is 10.2. The molecule has 1 heterocycles. The van der Waals surface area contributed by atoms with Crippen molar-refractivity contribution in [1.82, 2.24) is 4.98 Å². The van der Waals surface area contributed by atoms with E-state index >= 15 is 0 Å². The van der Waals surface area contributed by atoms with Crippen LogP contribution in [0, 0.1) is 0 Å². The maximum atomic E-state index is 11.4. The van der Waals surface area contributed by atoms with Crippen molar-refractivity contribution in [2.75, 3.05) is 12.8 Å². The van der Waals surface area contributed by atoms with E-state index in [0.29, 0.717) is 23.5 Å². The minimum atomic E-state index is -3.20. The van der Waals surface area contributed by atoms with E-state index in [0.717, 1.165) is 19.3 Å². The number of benzene rings is 1. The fourth-order valence-corrected chi connectivity index (χ4v) is 2.35. The molecule has 1 aromatic carbocycles. The lowest BCUT2D eigenvalue weighted by atomic mass is 10.2. The number of unbranched alkanes of at least 4 members (excludes halogenated alkanes) is 1. The molecule has 0 aliphatic carbocycles. The zero-order chi connectivity index (χ0) is 13.2. The van der Waals surface area contributed by atoms with Crippen LogP contribution < -0.4 is 5.73 Å². The van der Waals surface area contributed by atoms with E-state index in [-0.39, 0.29) is 4.90 Å². The molecule has 0 fully saturated rings. The fraction of sp³-hybridized carbons (Fsp3) is 0.417. The first-order valence-corrected chi connectivity index (χ1v) is 7.69. The minimum absolute atomic E-state index is 0.261. The Morgan fingerprint density at radius 2 is 2.11 bits per heavy atom. The summed E-state index contributed by atoms with van der Waals surface area (Å²) in [7, 11) is -3.20. The SMILES string of the molecule is CS(=O)(=O)c1ccc2oc(CCCCN)nc2c1. The molecule has 0 aliphatic heterocycles. The summed E-state index contributed by atoms with van der Waals surface area (Å²) in [5.74, 6) is 0.629. The van der Waals surface area contributed by atoms with E-state index in [1.165, 1.54) is 12.3 Å². The van der Waals surface area contributed by atoms with Gasteiger partial charge in [0.05, 0.1) is 4.90 Å². The Morgan fingerprint density at radius 3 is 2.78 bits per heavy atom. The molecule has 1 aromatic heterocycles. The smallest absolute Gasteiger partial charge is 0.195 e. The molecule has 2 aromatic rings. The van der Waals surface area contributed by atoms with Gasteiger partial charge in [0.15, 0.2) is 21.3 Å². The molecule has 5 nitrogen and oxygen atoms in total. The molecule has 18 heavy (non-hydrogen) atoms. The summed E-state index contributed by atoms with van der Waals surface area (Å²) in [5, 5.41) is 0. The lowest BCUT2D eigenvalue weighted by Gasteiger charge is -1.95. The molecule has 0 atom stereocenters. The van der Waals surface area contributed by atoms with Crippen LogP contribution in [0.1, 0.15) is 18.7 Å². The highest BCUT2D eigenvalue weighted by atomic mass is 32.2. The van der Waals surface area contributed by atoms with Gasteiger partial charge in [-0.05, 0) is 37.6 Å². The van der Waals surface area contributed by atoms with Crippen molar-refractivity contribution in [3.8, 4) is 0 Å². The molecule has 0 amide bonds. The van der Waals surface area contributed by atoms with Gasteiger partial charge in [0, 0.05) is 12.7 Å². The first-order valence-electron chi connectivity index (χ1n) is 5.80. The van der Waals surface area contributed by atoms with Gasteiger partial charge in [0.1, 0.15) is 5.52 Å². The summed E-state index contributed by atoms with van der Waals surface area (Å²) in [4.78, 5) is 4.55. The van der Waals surface area contributed by atoms with E-state index in [2.05, 4.69) is 4.98 Å². The Balaban J connectivity index is 2.28. The van der Waals surface area contributed by atoms with E-state index in [4.69, 9.17) is 10.2 Å². The van der Waals surface area contributed by atoms with Crippen molar-refractivity contribution in [3.63, 3.8) is 0 Å². The summed E-state index contributed by atoms with van der Waals surface area (Å²) in [5.41, 5.74) is 6.62. The second-order valence-corrected chi connectivity index (χ2v) is 6.27. The second-order valence-electron chi connectivity index (χ2n) is 4.26. The van der Waals surface area contributed by atoms with E-state index < -0.39 is 9.84 Å². The molecule has 2 rings (SSSR count). The van der Waals surface area contributed by atoms with Gasteiger partial charge in [-0.2, -0.15) is 0 Å². The Hall–Kier alpha value is -1.40. The molecule has 0 bridgehead atoms. The highest BCUT2D eigenvalue weighted by molar-refractivity contribution is 7.90. The molecule has 0 spiro atoms. The second kappa shape index (κ2) is 5.07. The number of fused-ring (bicyclic) bond motifs is 1. The number of nitrogens with zero attached hydrogens (tertiary/aromatic N) is 1. The standard InChI is InChI=1S/C12H16N2O3S/c1-18(15,16)9-5-6-11-10(8-9)14-12(17-11)4-2-3-7-13/h5-6,8H,2-4,7,13H2,1H3. The summed E-state index contributed by atoms with van der Waals surface area (Å²) in [6.45, 7) is 0.651. The predicted molar refractivity (Wildman–Crippen MR) is 69.1 cm³/mol. The zero-order valence-corrected chi connectivity index (χ0v) is 11.0. The first-order chi connectivity index (χ1) is 8.50. The third-order valence-electron chi connectivity index (χ3n) is 2.68. The molecule has 0 aliphatic rings. The largest absolute Gasteiger partial charge is 0.441 e. The normalized spacial score (nSPS) is 12.1. The van der Waals surface area contributed by atoms with Crippen LogP contribution in [0.5, 0.6) is 0 Å². The Kier molecular flexibility index (Phi) is 3.68. The van der Waals surface area contributed by atoms with Crippen LogP contribution in [-0.2, 0) is 16.3 Å². The average Bonchev–Trinajstić information content (AvgIpc) is 2.69. The van der Waals surface area contributed by atoms with Gasteiger partial charge in [-0.1, -0.05) is 0 Å². The highest BCUT2D eigenvalue weighted by Gasteiger charge is 2.11. The topological polar surface area (TPSA) is 86.2 Å². The Labute approximate surface area is 106 Å². The van der Waals surface area contributed by atoms with Gasteiger partial charge in [-0.3, -0.25) is 0 Å². The van der Waals surface area contributed by atoms with Crippen LogP contribution in [0.2, 0.25) is 0 Å². The van der Waals surface area contributed by atoms with Gasteiger partial charge in [-0.15, -0.1) is 0 Å². The van der Waals surface area contributed by atoms with Gasteiger partial charge in [0.25, 0.3) is 0 Å². The van der Waals surface area contributed by atoms with Crippen molar-refractivity contribution in [2.24, 2.45) is 5.73 Å². The summed E-state index contributed by atoms with van der Waals surface area (Å²) in [6.07, 6.45) is 3.74. The Morgan fingerprint density at radius 1 is 1.33 bits per heavy atom. The number of aromatic nitrogens is 1. The lowest BCUT2D eigenvalue weighted by Crippen LogP contribution is -1.99. The summed E-state index contributed by atoms with van der Waals surface area (Å²) >= 11 is 0. The molecule has 2 N–H and O–H groups in total. The van der Waals surface area contributed by atoms with Crippen LogP contribution >= 0.6 is 0 Å². The number of hydrogen-bond donors (Lipinski definition) is 1. The van der Waals surface area contributed by atoms with E-state index in [1.54, 1.807) is 12.1 Å². The number of hydrogen-bond acceptors (Lipinski definition) is 5. The molecular formula is C12H16N2O3S. The lowest BCUT2D eigenvalue weighted by molar-refractivity contribution is 0.515. The van der Waals surface area contributed by atoms with Gasteiger partial charge in [0.2, 0.25) is 0 Å². The molecule has 98 valence electrons. The third-order valence-corrected chi connectivity index (χ3v) is 3.79. The van der Waals surface area contributed by atoms with Crippen molar-refractivity contribution < 1.29 is 12.8 Å².